The molecule has 1 heterocycles. The number of hydrogen-bond acceptors (Lipinski definition) is 4. The molecular formula is C18H22N4O2. The highest BCUT2D eigenvalue weighted by Crippen LogP contribution is 2.21. The van der Waals surface area contributed by atoms with Crippen molar-refractivity contribution in [2.24, 2.45) is 0 Å². The smallest absolute Gasteiger partial charge is 0.415 e. The average molecular weight is 326 g/mol. The summed E-state index contributed by atoms with van der Waals surface area (Å²) in [6.07, 6.45) is 2.68. The first-order chi connectivity index (χ1) is 11.3. The zero-order valence-electron chi connectivity index (χ0n) is 14.5. The van der Waals surface area contributed by atoms with Crippen LogP contribution in [0.4, 0.5) is 10.6 Å². The van der Waals surface area contributed by atoms with E-state index in [1.807, 2.05) is 39.0 Å². The number of amides is 1. The monoisotopic (exact) mass is 326 g/mol. The van der Waals surface area contributed by atoms with Gasteiger partial charge in [0.1, 0.15) is 5.60 Å². The van der Waals surface area contributed by atoms with Crippen LogP contribution in [0, 0.1) is 11.3 Å². The number of carbonyl (C=O) groups is 1. The Morgan fingerprint density at radius 2 is 1.96 bits per heavy atom. The summed E-state index contributed by atoms with van der Waals surface area (Å²) in [6.45, 7) is 5.47. The molecule has 126 valence electrons. The fraction of sp³-hybridized carbons (Fsp3) is 0.389. The quantitative estimate of drug-likeness (QED) is 0.933. The van der Waals surface area contributed by atoms with Gasteiger partial charge < -0.3 is 4.74 Å². The van der Waals surface area contributed by atoms with Gasteiger partial charge in [0.2, 0.25) is 0 Å². The number of aromatic nitrogens is 2. The van der Waals surface area contributed by atoms with Crippen LogP contribution in [0.1, 0.15) is 37.5 Å². The lowest BCUT2D eigenvalue weighted by Crippen LogP contribution is -2.34. The molecule has 0 aliphatic carbocycles. The normalized spacial score (nSPS) is 11.0. The molecule has 0 bridgehead atoms. The molecule has 0 saturated carbocycles. The number of nitriles is 1. The van der Waals surface area contributed by atoms with Crippen LogP contribution in [0.15, 0.2) is 30.5 Å². The van der Waals surface area contributed by atoms with Gasteiger partial charge in [-0.2, -0.15) is 10.4 Å². The van der Waals surface area contributed by atoms with Crippen LogP contribution in [0.2, 0.25) is 0 Å². The number of hydrogen-bond donors (Lipinski definition) is 1. The van der Waals surface area contributed by atoms with Crippen molar-refractivity contribution in [1.29, 1.82) is 5.26 Å². The Kier molecular flexibility index (Phi) is 5.24. The van der Waals surface area contributed by atoms with Crippen LogP contribution in [0.5, 0.6) is 0 Å². The Bertz CT molecular complexity index is 753. The number of nitrogens with zero attached hydrogens (tertiary/aromatic N) is 3. The van der Waals surface area contributed by atoms with E-state index in [-0.39, 0.29) is 0 Å². The molecule has 2 aromatic rings. The molecule has 0 fully saturated rings. The van der Waals surface area contributed by atoms with Crippen molar-refractivity contribution in [1.82, 2.24) is 10.2 Å². The number of nitrogens with one attached hydrogen (secondary N) is 1. The van der Waals surface area contributed by atoms with Crippen molar-refractivity contribution in [2.45, 2.75) is 39.2 Å². The van der Waals surface area contributed by atoms with Gasteiger partial charge in [0.25, 0.3) is 0 Å². The lowest BCUT2D eigenvalue weighted by molar-refractivity contribution is 0.0588. The third-order valence-corrected chi connectivity index (χ3v) is 3.48. The van der Waals surface area contributed by atoms with E-state index in [9.17, 15) is 4.79 Å². The van der Waals surface area contributed by atoms with E-state index in [4.69, 9.17) is 10.00 Å². The summed E-state index contributed by atoms with van der Waals surface area (Å²) in [5.41, 5.74) is 1.99. The highest BCUT2D eigenvalue weighted by molar-refractivity contribution is 5.86. The predicted molar refractivity (Wildman–Crippen MR) is 91.8 cm³/mol. The summed E-state index contributed by atoms with van der Waals surface area (Å²) in [6, 6.07) is 9.71. The minimum Gasteiger partial charge on any atom is -0.443 e. The van der Waals surface area contributed by atoms with Gasteiger partial charge in [0, 0.05) is 18.8 Å². The van der Waals surface area contributed by atoms with E-state index >= 15 is 0 Å². The Balaban J connectivity index is 2.10. The van der Waals surface area contributed by atoms with E-state index in [1.54, 1.807) is 19.3 Å². The molecule has 1 aromatic carbocycles. The molecule has 6 nitrogen and oxygen atoms in total. The Morgan fingerprint density at radius 3 is 2.62 bits per heavy atom. The van der Waals surface area contributed by atoms with Crippen LogP contribution >= 0.6 is 0 Å². The molecule has 1 amide bonds. The molecule has 0 saturated heterocycles. The number of carbonyl (C=O) groups excluding carboxylic acids is 1. The molecule has 0 aliphatic heterocycles. The van der Waals surface area contributed by atoms with Crippen LogP contribution in [0.3, 0.4) is 0 Å². The fourth-order valence-corrected chi connectivity index (χ4v) is 2.32. The van der Waals surface area contributed by atoms with Gasteiger partial charge in [0.05, 0.1) is 11.6 Å². The first-order valence-corrected chi connectivity index (χ1v) is 7.79. The van der Waals surface area contributed by atoms with Gasteiger partial charge >= 0.3 is 6.09 Å². The molecule has 2 rings (SSSR count). The van der Waals surface area contributed by atoms with Gasteiger partial charge in [-0.15, -0.1) is 0 Å². The number of anilines is 1. The largest absolute Gasteiger partial charge is 0.443 e. The summed E-state index contributed by atoms with van der Waals surface area (Å²) >= 11 is 0. The van der Waals surface area contributed by atoms with E-state index in [2.05, 4.69) is 16.3 Å². The van der Waals surface area contributed by atoms with E-state index in [0.717, 1.165) is 11.1 Å². The molecule has 0 aliphatic rings. The Labute approximate surface area is 142 Å². The van der Waals surface area contributed by atoms with Gasteiger partial charge in [-0.1, -0.05) is 18.2 Å². The standard InChI is InChI=1S/C18H22N4O2/c1-18(2,3)24-17(23)22(4)16-15(12-20-21-16)10-9-13-7-5-6-8-14(13)11-19/h5-8,12H,9-10H2,1-4H3,(H,20,21). The van der Waals surface area contributed by atoms with Crippen molar-refractivity contribution in [3.05, 3.63) is 47.2 Å². The molecule has 1 aromatic heterocycles. The second kappa shape index (κ2) is 7.18. The number of aromatic amines is 1. The Morgan fingerprint density at radius 1 is 1.29 bits per heavy atom. The SMILES string of the molecule is CN(C(=O)OC(C)(C)C)c1n[nH]cc1CCc1ccccc1C#N. The first kappa shape index (κ1) is 17.5. The second-order valence-electron chi connectivity index (χ2n) is 6.54. The van der Waals surface area contributed by atoms with Gasteiger partial charge in [0.15, 0.2) is 5.82 Å². The summed E-state index contributed by atoms with van der Waals surface area (Å²) < 4.78 is 5.37. The third kappa shape index (κ3) is 4.35. The van der Waals surface area contributed by atoms with Crippen LogP contribution in [-0.2, 0) is 17.6 Å². The second-order valence-corrected chi connectivity index (χ2v) is 6.54. The maximum atomic E-state index is 12.2. The van der Waals surface area contributed by atoms with Crippen LogP contribution in [-0.4, -0.2) is 28.9 Å². The maximum Gasteiger partial charge on any atom is 0.415 e. The highest BCUT2D eigenvalue weighted by atomic mass is 16.6. The van der Waals surface area contributed by atoms with Crippen LogP contribution in [0.25, 0.3) is 0 Å². The molecule has 0 radical (unpaired) electrons. The average Bonchev–Trinajstić information content (AvgIpc) is 2.99. The van der Waals surface area contributed by atoms with Gasteiger partial charge in [-0.3, -0.25) is 10.00 Å². The number of H-pyrrole nitrogens is 1. The molecule has 1 N–H and O–H groups in total. The fourth-order valence-electron chi connectivity index (χ4n) is 2.32. The predicted octanol–water partition coefficient (Wildman–Crippen LogP) is 3.44. The number of rotatable bonds is 4. The Hall–Kier alpha value is -2.81. The molecule has 24 heavy (non-hydrogen) atoms. The van der Waals surface area contributed by atoms with Crippen LogP contribution < -0.4 is 4.90 Å². The van der Waals surface area contributed by atoms with Gasteiger partial charge in [-0.25, -0.2) is 4.79 Å². The first-order valence-electron chi connectivity index (χ1n) is 7.79. The molecule has 6 heteroatoms. The zero-order valence-corrected chi connectivity index (χ0v) is 14.5. The summed E-state index contributed by atoms with van der Waals surface area (Å²) in [5.74, 6) is 0.540. The summed E-state index contributed by atoms with van der Waals surface area (Å²) in [7, 11) is 1.64. The van der Waals surface area contributed by atoms with Crippen molar-refractivity contribution in [3.8, 4) is 6.07 Å². The number of ether oxygens (including phenoxy) is 1. The molecular weight excluding hydrogens is 304 g/mol. The molecule has 0 atom stereocenters. The highest BCUT2D eigenvalue weighted by Gasteiger charge is 2.23. The van der Waals surface area contributed by atoms with Crippen molar-refractivity contribution in [2.75, 3.05) is 11.9 Å². The van der Waals surface area contributed by atoms with Gasteiger partial charge in [-0.05, 0) is 45.2 Å². The van der Waals surface area contributed by atoms with E-state index in [1.165, 1.54) is 4.90 Å². The summed E-state index contributed by atoms with van der Waals surface area (Å²) in [5, 5.41) is 16.1. The van der Waals surface area contributed by atoms with E-state index in [0.29, 0.717) is 24.2 Å². The van der Waals surface area contributed by atoms with E-state index < -0.39 is 11.7 Å². The third-order valence-electron chi connectivity index (χ3n) is 3.48. The number of aryl methyl sites for hydroxylation is 2. The van der Waals surface area contributed by atoms with Crippen molar-refractivity contribution >= 4 is 11.9 Å². The molecule has 0 unspecified atom stereocenters. The minimum atomic E-state index is -0.562. The lowest BCUT2D eigenvalue weighted by atomic mass is 10.0. The summed E-state index contributed by atoms with van der Waals surface area (Å²) in [4.78, 5) is 13.6. The lowest BCUT2D eigenvalue weighted by Gasteiger charge is -2.24. The number of benzene rings is 1. The van der Waals surface area contributed by atoms with Crippen molar-refractivity contribution in [3.63, 3.8) is 0 Å². The van der Waals surface area contributed by atoms with Crippen molar-refractivity contribution < 1.29 is 9.53 Å². The minimum absolute atomic E-state index is 0.451. The topological polar surface area (TPSA) is 82.0 Å². The maximum absolute atomic E-state index is 12.2. The molecule has 0 spiro atoms. The zero-order chi connectivity index (χ0) is 17.7.